The molecule has 0 unspecified atom stereocenters. The van der Waals surface area contributed by atoms with Crippen molar-refractivity contribution in [3.05, 3.63) is 33.4 Å². The van der Waals surface area contributed by atoms with E-state index >= 15 is 0 Å². The van der Waals surface area contributed by atoms with E-state index in [1.54, 1.807) is 0 Å². The fourth-order valence-corrected chi connectivity index (χ4v) is 2.93. The number of rotatable bonds is 9. The minimum Gasteiger partial charge on any atom is -0.480 e. The van der Waals surface area contributed by atoms with Crippen molar-refractivity contribution >= 4 is 28.6 Å². The van der Waals surface area contributed by atoms with Gasteiger partial charge in [-0.25, -0.2) is 0 Å². The highest BCUT2D eigenvalue weighted by Crippen LogP contribution is 2.17. The van der Waals surface area contributed by atoms with Crippen molar-refractivity contribution in [2.75, 3.05) is 6.54 Å². The maximum atomic E-state index is 11.6. The third kappa shape index (κ3) is 6.34. The molecule has 1 aromatic carbocycles. The number of carbonyl (C=O) groups is 1. The SMILES string of the molecule is CCCCCN(Cc1ccc(I)cc1)[C@H](C(=O)O)C(C)C. The molecule has 0 fully saturated rings. The first-order valence-electron chi connectivity index (χ1n) is 7.67. The van der Waals surface area contributed by atoms with Gasteiger partial charge in [-0.1, -0.05) is 45.7 Å². The van der Waals surface area contributed by atoms with Gasteiger partial charge in [-0.2, -0.15) is 0 Å². The predicted molar refractivity (Wildman–Crippen MR) is 95.4 cm³/mol. The fraction of sp³-hybridized carbons (Fsp3) is 0.588. The molecule has 1 aromatic rings. The molecule has 0 aliphatic carbocycles. The lowest BCUT2D eigenvalue weighted by Crippen LogP contribution is -2.44. The monoisotopic (exact) mass is 403 g/mol. The van der Waals surface area contributed by atoms with Gasteiger partial charge in [0.05, 0.1) is 0 Å². The van der Waals surface area contributed by atoms with Crippen LogP contribution in [0.3, 0.4) is 0 Å². The molecule has 0 aromatic heterocycles. The molecule has 0 amide bonds. The van der Waals surface area contributed by atoms with Crippen LogP contribution < -0.4 is 0 Å². The Balaban J connectivity index is 2.84. The van der Waals surface area contributed by atoms with Crippen molar-refractivity contribution < 1.29 is 9.90 Å². The molecule has 21 heavy (non-hydrogen) atoms. The molecular formula is C17H26INO2. The van der Waals surface area contributed by atoms with Crippen LogP contribution >= 0.6 is 22.6 Å². The van der Waals surface area contributed by atoms with E-state index in [0.717, 1.165) is 25.8 Å². The maximum absolute atomic E-state index is 11.6. The Morgan fingerprint density at radius 3 is 2.33 bits per heavy atom. The van der Waals surface area contributed by atoms with E-state index in [0.29, 0.717) is 6.54 Å². The Morgan fingerprint density at radius 1 is 1.24 bits per heavy atom. The van der Waals surface area contributed by atoms with Crippen LogP contribution in [0.1, 0.15) is 45.6 Å². The molecule has 1 N–H and O–H groups in total. The number of hydrogen-bond acceptors (Lipinski definition) is 2. The van der Waals surface area contributed by atoms with Crippen molar-refractivity contribution in [1.82, 2.24) is 4.90 Å². The zero-order chi connectivity index (χ0) is 15.8. The number of carboxylic acid groups (broad SMARTS) is 1. The van der Waals surface area contributed by atoms with Gasteiger partial charge in [-0.05, 0) is 59.2 Å². The standard InChI is InChI=1S/C17H26INO2/c1-4-5-6-11-19(16(13(2)3)17(20)21)12-14-7-9-15(18)10-8-14/h7-10,13,16H,4-6,11-12H2,1-3H3,(H,20,21)/t16-/m0/s1. The largest absolute Gasteiger partial charge is 0.480 e. The first-order valence-corrected chi connectivity index (χ1v) is 8.74. The van der Waals surface area contributed by atoms with Crippen LogP contribution in [0.25, 0.3) is 0 Å². The molecule has 0 saturated heterocycles. The fourth-order valence-electron chi connectivity index (χ4n) is 2.57. The van der Waals surface area contributed by atoms with Gasteiger partial charge in [0.15, 0.2) is 0 Å². The van der Waals surface area contributed by atoms with Crippen LogP contribution in [0.4, 0.5) is 0 Å². The van der Waals surface area contributed by atoms with E-state index < -0.39 is 12.0 Å². The molecule has 0 radical (unpaired) electrons. The Labute approximate surface area is 141 Å². The van der Waals surface area contributed by atoms with E-state index in [2.05, 4.69) is 58.7 Å². The maximum Gasteiger partial charge on any atom is 0.321 e. The molecule has 0 spiro atoms. The third-order valence-corrected chi connectivity index (χ3v) is 4.34. The lowest BCUT2D eigenvalue weighted by molar-refractivity contribution is -0.145. The zero-order valence-electron chi connectivity index (χ0n) is 13.2. The Bertz CT molecular complexity index is 431. The van der Waals surface area contributed by atoms with Crippen LogP contribution in [0.5, 0.6) is 0 Å². The summed E-state index contributed by atoms with van der Waals surface area (Å²) in [5.41, 5.74) is 1.18. The number of carboxylic acids is 1. The molecule has 0 aliphatic heterocycles. The lowest BCUT2D eigenvalue weighted by Gasteiger charge is -2.31. The van der Waals surface area contributed by atoms with Gasteiger partial charge in [0.1, 0.15) is 6.04 Å². The Hall–Kier alpha value is -0.620. The molecular weight excluding hydrogens is 377 g/mol. The molecule has 118 valence electrons. The highest BCUT2D eigenvalue weighted by atomic mass is 127. The van der Waals surface area contributed by atoms with E-state index in [-0.39, 0.29) is 5.92 Å². The molecule has 1 atom stereocenters. The number of halogens is 1. The van der Waals surface area contributed by atoms with Crippen molar-refractivity contribution in [2.45, 2.75) is 52.6 Å². The second kappa shape index (κ2) is 9.41. The van der Waals surface area contributed by atoms with Crippen molar-refractivity contribution in [1.29, 1.82) is 0 Å². The summed E-state index contributed by atoms with van der Waals surface area (Å²) in [6.07, 6.45) is 3.35. The first-order chi connectivity index (χ1) is 9.95. The number of unbranched alkanes of at least 4 members (excludes halogenated alkanes) is 2. The molecule has 0 aliphatic rings. The average Bonchev–Trinajstić information content (AvgIpc) is 2.40. The average molecular weight is 403 g/mol. The van der Waals surface area contributed by atoms with Crippen molar-refractivity contribution in [2.24, 2.45) is 5.92 Å². The predicted octanol–water partition coefficient (Wildman–Crippen LogP) is 4.39. The molecule has 1 rings (SSSR count). The van der Waals surface area contributed by atoms with E-state index in [1.807, 2.05) is 13.8 Å². The minimum atomic E-state index is -0.716. The number of hydrogen-bond donors (Lipinski definition) is 1. The number of aliphatic carboxylic acids is 1. The van der Waals surface area contributed by atoms with Crippen molar-refractivity contribution in [3.8, 4) is 0 Å². The molecule has 4 heteroatoms. The number of nitrogens with zero attached hydrogens (tertiary/aromatic N) is 1. The minimum absolute atomic E-state index is 0.105. The van der Waals surface area contributed by atoms with Gasteiger partial charge in [0.25, 0.3) is 0 Å². The summed E-state index contributed by atoms with van der Waals surface area (Å²) in [6.45, 7) is 7.68. The van der Waals surface area contributed by atoms with Crippen LogP contribution in [0.15, 0.2) is 24.3 Å². The Morgan fingerprint density at radius 2 is 1.86 bits per heavy atom. The second-order valence-electron chi connectivity index (χ2n) is 5.83. The van der Waals surface area contributed by atoms with E-state index in [1.165, 1.54) is 9.13 Å². The quantitative estimate of drug-likeness (QED) is 0.491. The van der Waals surface area contributed by atoms with Gasteiger partial charge in [0, 0.05) is 10.1 Å². The summed E-state index contributed by atoms with van der Waals surface area (Å²) >= 11 is 2.28. The summed E-state index contributed by atoms with van der Waals surface area (Å²) in [7, 11) is 0. The smallest absolute Gasteiger partial charge is 0.321 e. The van der Waals surface area contributed by atoms with Crippen LogP contribution in [-0.2, 0) is 11.3 Å². The zero-order valence-corrected chi connectivity index (χ0v) is 15.3. The van der Waals surface area contributed by atoms with Crippen LogP contribution in [0.2, 0.25) is 0 Å². The van der Waals surface area contributed by atoms with Gasteiger partial charge >= 0.3 is 5.97 Å². The molecule has 0 bridgehead atoms. The van der Waals surface area contributed by atoms with Crippen LogP contribution in [0, 0.1) is 9.49 Å². The molecule has 0 heterocycles. The summed E-state index contributed by atoms with van der Waals surface area (Å²) in [5.74, 6) is -0.611. The van der Waals surface area contributed by atoms with Gasteiger partial charge in [0.2, 0.25) is 0 Å². The first kappa shape index (κ1) is 18.4. The molecule has 3 nitrogen and oxygen atoms in total. The van der Waals surface area contributed by atoms with Crippen LogP contribution in [-0.4, -0.2) is 28.6 Å². The van der Waals surface area contributed by atoms with Crippen molar-refractivity contribution in [3.63, 3.8) is 0 Å². The lowest BCUT2D eigenvalue weighted by atomic mass is 10.0. The third-order valence-electron chi connectivity index (χ3n) is 3.63. The number of benzene rings is 1. The summed E-state index contributed by atoms with van der Waals surface area (Å²) in [5, 5.41) is 9.55. The highest BCUT2D eigenvalue weighted by molar-refractivity contribution is 14.1. The van der Waals surface area contributed by atoms with Gasteiger partial charge < -0.3 is 5.11 Å². The van der Waals surface area contributed by atoms with Gasteiger partial charge in [-0.3, -0.25) is 9.69 Å². The summed E-state index contributed by atoms with van der Waals surface area (Å²) < 4.78 is 1.20. The summed E-state index contributed by atoms with van der Waals surface area (Å²) in [6, 6.07) is 7.92. The van der Waals surface area contributed by atoms with E-state index in [9.17, 15) is 9.90 Å². The topological polar surface area (TPSA) is 40.5 Å². The summed E-state index contributed by atoms with van der Waals surface area (Å²) in [4.78, 5) is 13.7. The second-order valence-corrected chi connectivity index (χ2v) is 7.08. The molecule has 0 saturated carbocycles. The van der Waals surface area contributed by atoms with Gasteiger partial charge in [-0.15, -0.1) is 0 Å². The van der Waals surface area contributed by atoms with E-state index in [4.69, 9.17) is 0 Å². The Kier molecular flexibility index (Phi) is 8.26. The highest BCUT2D eigenvalue weighted by Gasteiger charge is 2.28. The normalized spacial score (nSPS) is 12.9.